The zero-order valence-corrected chi connectivity index (χ0v) is 12.6. The topological polar surface area (TPSA) is 56.2 Å². The van der Waals surface area contributed by atoms with Gasteiger partial charge in [-0.1, -0.05) is 6.92 Å². The zero-order chi connectivity index (χ0) is 14.4. The lowest BCUT2D eigenvalue weighted by molar-refractivity contribution is 0.186. The maximum atomic E-state index is 11.7. The van der Waals surface area contributed by atoms with Gasteiger partial charge in [-0.2, -0.15) is 0 Å². The van der Waals surface area contributed by atoms with Crippen molar-refractivity contribution in [1.82, 2.24) is 9.55 Å². The second-order valence-corrected chi connectivity index (χ2v) is 5.57. The fourth-order valence-corrected chi connectivity index (χ4v) is 2.58. The Morgan fingerprint density at radius 1 is 1.45 bits per heavy atom. The largest absolute Gasteiger partial charge is 0.383 e. The van der Waals surface area contributed by atoms with Gasteiger partial charge in [0.05, 0.1) is 23.8 Å². The van der Waals surface area contributed by atoms with E-state index in [9.17, 15) is 4.79 Å². The molecule has 0 radical (unpaired) electrons. The molecule has 20 heavy (non-hydrogen) atoms. The van der Waals surface area contributed by atoms with Gasteiger partial charge in [-0.15, -0.1) is 11.3 Å². The van der Waals surface area contributed by atoms with Gasteiger partial charge in [0.2, 0.25) is 0 Å². The molecule has 2 aromatic rings. The molecule has 0 fully saturated rings. The number of pyridine rings is 1. The Balaban J connectivity index is 2.00. The van der Waals surface area contributed by atoms with Crippen molar-refractivity contribution in [2.24, 2.45) is 0 Å². The van der Waals surface area contributed by atoms with Crippen LogP contribution in [0.5, 0.6) is 0 Å². The lowest BCUT2D eigenvalue weighted by atomic mass is 10.4. The molecule has 2 heterocycles. The second-order valence-electron chi connectivity index (χ2n) is 4.37. The third-order valence-electron chi connectivity index (χ3n) is 2.89. The summed E-state index contributed by atoms with van der Waals surface area (Å²) in [6.07, 6.45) is 4.69. The predicted molar refractivity (Wildman–Crippen MR) is 81.4 cm³/mol. The van der Waals surface area contributed by atoms with Crippen molar-refractivity contribution >= 4 is 17.0 Å². The zero-order valence-electron chi connectivity index (χ0n) is 11.8. The summed E-state index contributed by atoms with van der Waals surface area (Å²) in [5.41, 5.74) is 0.908. The minimum atomic E-state index is -0.0151. The first kappa shape index (κ1) is 14.7. The first-order valence-corrected chi connectivity index (χ1v) is 7.41. The molecule has 0 saturated heterocycles. The highest BCUT2D eigenvalue weighted by Crippen LogP contribution is 2.15. The standard InChI is InChI=1S/C14H19N3O2S/c1-3-13-16-9-12(20-13)8-15-11-4-5-14(18)17(10-11)6-7-19-2/h4-5,9-10,15H,3,6-8H2,1-2H3. The van der Waals surface area contributed by atoms with E-state index in [0.29, 0.717) is 13.2 Å². The number of aryl methyl sites for hydroxylation is 1. The Morgan fingerprint density at radius 2 is 2.30 bits per heavy atom. The first-order valence-electron chi connectivity index (χ1n) is 6.59. The number of thiazole rings is 1. The average Bonchev–Trinajstić information content (AvgIpc) is 2.93. The van der Waals surface area contributed by atoms with Crippen molar-refractivity contribution in [3.8, 4) is 0 Å². The molecule has 0 spiro atoms. The highest BCUT2D eigenvalue weighted by atomic mass is 32.1. The number of hydrogen-bond donors (Lipinski definition) is 1. The monoisotopic (exact) mass is 293 g/mol. The fraction of sp³-hybridized carbons (Fsp3) is 0.429. The van der Waals surface area contributed by atoms with Gasteiger partial charge in [0.15, 0.2) is 0 Å². The molecule has 0 saturated carbocycles. The molecular weight excluding hydrogens is 274 g/mol. The summed E-state index contributed by atoms with van der Waals surface area (Å²) in [4.78, 5) is 17.2. The van der Waals surface area contributed by atoms with E-state index in [1.165, 1.54) is 4.88 Å². The molecule has 6 heteroatoms. The Kier molecular flexibility index (Phi) is 5.31. The molecule has 0 aliphatic heterocycles. The minimum Gasteiger partial charge on any atom is -0.383 e. The molecule has 0 aromatic carbocycles. The van der Waals surface area contributed by atoms with Crippen LogP contribution in [-0.4, -0.2) is 23.3 Å². The van der Waals surface area contributed by atoms with Crippen molar-refractivity contribution < 1.29 is 4.74 Å². The van der Waals surface area contributed by atoms with Crippen molar-refractivity contribution in [3.63, 3.8) is 0 Å². The quantitative estimate of drug-likeness (QED) is 0.849. The summed E-state index contributed by atoms with van der Waals surface area (Å²) >= 11 is 1.71. The maximum absolute atomic E-state index is 11.7. The molecule has 1 N–H and O–H groups in total. The maximum Gasteiger partial charge on any atom is 0.250 e. The van der Waals surface area contributed by atoms with Crippen molar-refractivity contribution in [3.05, 3.63) is 44.8 Å². The van der Waals surface area contributed by atoms with Crippen LogP contribution < -0.4 is 10.9 Å². The number of anilines is 1. The lowest BCUT2D eigenvalue weighted by Crippen LogP contribution is -2.21. The Bertz CT molecular complexity index is 606. The summed E-state index contributed by atoms with van der Waals surface area (Å²) in [7, 11) is 1.63. The van der Waals surface area contributed by atoms with Gasteiger partial charge in [-0.3, -0.25) is 4.79 Å². The SMILES string of the molecule is CCc1ncc(CNc2ccc(=O)n(CCOC)c2)s1. The van der Waals surface area contributed by atoms with E-state index in [0.717, 1.165) is 23.7 Å². The summed E-state index contributed by atoms with van der Waals surface area (Å²) in [5, 5.41) is 4.46. The number of aromatic nitrogens is 2. The van der Waals surface area contributed by atoms with Gasteiger partial charge in [0, 0.05) is 37.0 Å². The number of nitrogens with one attached hydrogen (secondary N) is 1. The number of nitrogens with zero attached hydrogens (tertiary/aromatic N) is 2. The van der Waals surface area contributed by atoms with E-state index in [4.69, 9.17) is 4.74 Å². The fourth-order valence-electron chi connectivity index (χ4n) is 1.78. The highest BCUT2D eigenvalue weighted by Gasteiger charge is 2.02. The van der Waals surface area contributed by atoms with Crippen molar-refractivity contribution in [2.75, 3.05) is 19.0 Å². The number of ether oxygens (including phenoxy) is 1. The summed E-state index contributed by atoms with van der Waals surface area (Å²) in [6, 6.07) is 3.37. The van der Waals surface area contributed by atoms with Crippen LogP contribution in [0, 0.1) is 0 Å². The van der Waals surface area contributed by atoms with E-state index in [1.54, 1.807) is 35.1 Å². The minimum absolute atomic E-state index is 0.0151. The summed E-state index contributed by atoms with van der Waals surface area (Å²) in [5.74, 6) is 0. The van der Waals surface area contributed by atoms with Crippen molar-refractivity contribution in [2.45, 2.75) is 26.4 Å². The van der Waals surface area contributed by atoms with Crippen LogP contribution in [0.15, 0.2) is 29.3 Å². The molecular formula is C14H19N3O2S. The van der Waals surface area contributed by atoms with Gasteiger partial charge in [0.25, 0.3) is 5.56 Å². The average molecular weight is 293 g/mol. The number of methoxy groups -OCH3 is 1. The summed E-state index contributed by atoms with van der Waals surface area (Å²) < 4.78 is 6.65. The molecule has 108 valence electrons. The molecule has 2 rings (SSSR count). The van der Waals surface area contributed by atoms with Crippen LogP contribution in [0.3, 0.4) is 0 Å². The number of hydrogen-bond acceptors (Lipinski definition) is 5. The smallest absolute Gasteiger partial charge is 0.250 e. The van der Waals surface area contributed by atoms with Crippen LogP contribution in [0.4, 0.5) is 5.69 Å². The van der Waals surface area contributed by atoms with Gasteiger partial charge in [0.1, 0.15) is 0 Å². The third-order valence-corrected chi connectivity index (χ3v) is 4.03. The molecule has 5 nitrogen and oxygen atoms in total. The molecule has 0 atom stereocenters. The van der Waals surface area contributed by atoms with Gasteiger partial charge in [-0.25, -0.2) is 4.98 Å². The Morgan fingerprint density at radius 3 is 3.00 bits per heavy atom. The molecule has 0 unspecified atom stereocenters. The predicted octanol–water partition coefficient (Wildman–Crippen LogP) is 2.13. The van der Waals surface area contributed by atoms with Crippen LogP contribution >= 0.6 is 11.3 Å². The van der Waals surface area contributed by atoms with Crippen LogP contribution in [0.1, 0.15) is 16.8 Å². The molecule has 0 aliphatic rings. The van der Waals surface area contributed by atoms with Crippen LogP contribution in [0.25, 0.3) is 0 Å². The molecule has 0 aliphatic carbocycles. The molecule has 0 bridgehead atoms. The van der Waals surface area contributed by atoms with E-state index >= 15 is 0 Å². The lowest BCUT2D eigenvalue weighted by Gasteiger charge is -2.09. The van der Waals surface area contributed by atoms with Gasteiger partial charge >= 0.3 is 0 Å². The number of rotatable bonds is 7. The Hall–Kier alpha value is -1.66. The van der Waals surface area contributed by atoms with E-state index in [-0.39, 0.29) is 5.56 Å². The first-order chi connectivity index (χ1) is 9.72. The normalized spacial score (nSPS) is 10.7. The van der Waals surface area contributed by atoms with Crippen LogP contribution in [0.2, 0.25) is 0 Å². The molecule has 0 amide bonds. The van der Waals surface area contributed by atoms with E-state index in [2.05, 4.69) is 17.2 Å². The van der Waals surface area contributed by atoms with E-state index < -0.39 is 0 Å². The third kappa shape index (κ3) is 3.91. The van der Waals surface area contributed by atoms with E-state index in [1.807, 2.05) is 12.4 Å². The van der Waals surface area contributed by atoms with Crippen molar-refractivity contribution in [1.29, 1.82) is 0 Å². The van der Waals surface area contributed by atoms with Gasteiger partial charge in [-0.05, 0) is 12.5 Å². The Labute approximate surface area is 122 Å². The summed E-state index contributed by atoms with van der Waals surface area (Å²) in [6.45, 7) is 3.91. The molecule has 2 aromatic heterocycles. The van der Waals surface area contributed by atoms with Crippen LogP contribution in [-0.2, 0) is 24.2 Å². The van der Waals surface area contributed by atoms with Gasteiger partial charge < -0.3 is 14.6 Å². The second kappa shape index (κ2) is 7.21. The highest BCUT2D eigenvalue weighted by molar-refractivity contribution is 7.11.